The van der Waals surface area contributed by atoms with E-state index >= 15 is 0 Å². The summed E-state index contributed by atoms with van der Waals surface area (Å²) in [5.41, 5.74) is 0.514. The number of halogens is 1. The summed E-state index contributed by atoms with van der Waals surface area (Å²) in [5.74, 6) is 0.861. The highest BCUT2D eigenvalue weighted by molar-refractivity contribution is 8.93. The summed E-state index contributed by atoms with van der Waals surface area (Å²) in [5, 5.41) is 15.7. The molecule has 1 saturated carbocycles. The molecule has 0 spiro atoms. The number of aliphatic imine (C=N–C) groups is 1. The van der Waals surface area contributed by atoms with Crippen LogP contribution in [0.4, 0.5) is 0 Å². The van der Waals surface area contributed by atoms with Gasteiger partial charge in [0.15, 0.2) is 5.96 Å². The number of hydrogen-bond donors (Lipinski definition) is 3. The van der Waals surface area contributed by atoms with Crippen LogP contribution in [0.15, 0.2) is 4.99 Å². The second kappa shape index (κ2) is 5.87. The summed E-state index contributed by atoms with van der Waals surface area (Å²) in [6, 6.07) is 0. The average Bonchev–Trinajstić information content (AvgIpc) is 2.20. The molecule has 0 saturated heterocycles. The molecule has 1 unspecified atom stereocenters. The van der Waals surface area contributed by atoms with Crippen LogP contribution in [0.5, 0.6) is 0 Å². The Morgan fingerprint density at radius 3 is 2.75 bits per heavy atom. The highest BCUT2D eigenvalue weighted by Gasteiger charge is 2.35. The maximum absolute atomic E-state index is 9.26. The van der Waals surface area contributed by atoms with Gasteiger partial charge in [-0.15, -0.1) is 17.0 Å². The van der Waals surface area contributed by atoms with Crippen LogP contribution in [-0.2, 0) is 0 Å². The Hall–Kier alpha value is -0.290. The van der Waals surface area contributed by atoms with Crippen molar-refractivity contribution in [2.75, 3.05) is 19.6 Å². The molecule has 0 aromatic carbocycles. The van der Waals surface area contributed by atoms with Gasteiger partial charge in [-0.05, 0) is 24.7 Å². The van der Waals surface area contributed by atoms with Crippen molar-refractivity contribution in [2.24, 2.45) is 10.4 Å². The van der Waals surface area contributed by atoms with Crippen LogP contribution < -0.4 is 10.6 Å². The summed E-state index contributed by atoms with van der Waals surface area (Å²) in [7, 11) is 0. The summed E-state index contributed by atoms with van der Waals surface area (Å²) in [6.45, 7) is 4.42. The van der Waals surface area contributed by atoms with Crippen molar-refractivity contribution in [1.29, 1.82) is 0 Å². The van der Waals surface area contributed by atoms with E-state index in [1.807, 2.05) is 0 Å². The van der Waals surface area contributed by atoms with Crippen LogP contribution in [0.3, 0.4) is 0 Å². The molecule has 1 heterocycles. The lowest BCUT2D eigenvalue weighted by Crippen LogP contribution is -2.50. The van der Waals surface area contributed by atoms with Crippen LogP contribution in [-0.4, -0.2) is 36.8 Å². The van der Waals surface area contributed by atoms with Crippen LogP contribution in [0, 0.1) is 5.41 Å². The van der Waals surface area contributed by atoms with Gasteiger partial charge in [0.25, 0.3) is 0 Å². The number of nitrogens with zero attached hydrogens (tertiary/aromatic N) is 1. The van der Waals surface area contributed by atoms with Gasteiger partial charge in [0.2, 0.25) is 0 Å². The quantitative estimate of drug-likeness (QED) is 0.729. The monoisotopic (exact) mass is 291 g/mol. The fourth-order valence-corrected chi connectivity index (χ4v) is 2.25. The lowest BCUT2D eigenvalue weighted by molar-refractivity contribution is 0.130. The molecule has 5 heteroatoms. The van der Waals surface area contributed by atoms with Crippen molar-refractivity contribution in [1.82, 2.24) is 10.6 Å². The molecule has 0 radical (unpaired) electrons. The Balaban J connectivity index is 0.00000128. The molecular formula is C11H22BrN3O. The Morgan fingerprint density at radius 2 is 2.31 bits per heavy atom. The summed E-state index contributed by atoms with van der Waals surface area (Å²) in [4.78, 5) is 4.25. The van der Waals surface area contributed by atoms with Gasteiger partial charge in [0.05, 0.1) is 12.6 Å². The third kappa shape index (κ3) is 3.10. The fraction of sp³-hybridized carbons (Fsp3) is 0.909. The standard InChI is InChI=1S/C11H21N3O.BrH/c1-2-11(4-3-5-11)8-14-10-12-6-9(15)7-13-10;/h9,15H,2-8H2,1H3,(H2,12,13,14);1H. The smallest absolute Gasteiger partial charge is 0.191 e. The highest BCUT2D eigenvalue weighted by Crippen LogP contribution is 2.42. The van der Waals surface area contributed by atoms with Gasteiger partial charge < -0.3 is 15.7 Å². The third-order valence-electron chi connectivity index (χ3n) is 3.76. The van der Waals surface area contributed by atoms with Crippen molar-refractivity contribution >= 4 is 22.9 Å². The lowest BCUT2D eigenvalue weighted by Gasteiger charge is -2.41. The molecule has 2 rings (SSSR count). The van der Waals surface area contributed by atoms with Gasteiger partial charge in [-0.1, -0.05) is 13.3 Å². The van der Waals surface area contributed by atoms with Crippen LogP contribution >= 0.6 is 17.0 Å². The summed E-state index contributed by atoms with van der Waals surface area (Å²) < 4.78 is 0. The molecule has 0 amide bonds. The second-order valence-electron chi connectivity index (χ2n) is 4.78. The predicted octanol–water partition coefficient (Wildman–Crippen LogP) is 1.05. The maximum Gasteiger partial charge on any atom is 0.191 e. The average molecular weight is 292 g/mol. The van der Waals surface area contributed by atoms with Crippen molar-refractivity contribution in [3.05, 3.63) is 0 Å². The Bertz CT molecular complexity index is 248. The van der Waals surface area contributed by atoms with Crippen molar-refractivity contribution < 1.29 is 5.11 Å². The zero-order chi connectivity index (χ0) is 10.7. The van der Waals surface area contributed by atoms with E-state index in [2.05, 4.69) is 22.5 Å². The van der Waals surface area contributed by atoms with E-state index in [0.29, 0.717) is 18.5 Å². The van der Waals surface area contributed by atoms with E-state index in [-0.39, 0.29) is 23.1 Å². The molecule has 1 atom stereocenters. The molecule has 1 aliphatic carbocycles. The minimum absolute atomic E-state index is 0. The van der Waals surface area contributed by atoms with E-state index in [1.165, 1.54) is 25.7 Å². The largest absolute Gasteiger partial charge is 0.389 e. The Labute approximate surface area is 108 Å². The van der Waals surface area contributed by atoms with Crippen LogP contribution in [0.25, 0.3) is 0 Å². The first-order valence-corrected chi connectivity index (χ1v) is 5.94. The van der Waals surface area contributed by atoms with Crippen LogP contribution in [0.1, 0.15) is 32.6 Å². The van der Waals surface area contributed by atoms with E-state index in [4.69, 9.17) is 0 Å². The van der Waals surface area contributed by atoms with Crippen molar-refractivity contribution in [3.63, 3.8) is 0 Å². The molecule has 0 aromatic rings. The van der Waals surface area contributed by atoms with Gasteiger partial charge in [-0.25, -0.2) is 0 Å². The van der Waals surface area contributed by atoms with E-state index < -0.39 is 0 Å². The minimum atomic E-state index is -0.320. The first-order valence-electron chi connectivity index (χ1n) is 5.94. The van der Waals surface area contributed by atoms with Crippen molar-refractivity contribution in [3.8, 4) is 0 Å². The number of nitrogens with one attached hydrogen (secondary N) is 2. The van der Waals surface area contributed by atoms with E-state index in [0.717, 1.165) is 12.5 Å². The number of aliphatic hydroxyl groups excluding tert-OH is 1. The SMILES string of the molecule is Br.CCC1(CNC2=NCC(O)CN2)CCC1. The molecule has 0 bridgehead atoms. The Morgan fingerprint density at radius 1 is 1.56 bits per heavy atom. The molecule has 0 aromatic heterocycles. The first-order chi connectivity index (χ1) is 7.24. The van der Waals surface area contributed by atoms with Gasteiger partial charge in [0.1, 0.15) is 0 Å². The van der Waals surface area contributed by atoms with Crippen molar-refractivity contribution in [2.45, 2.75) is 38.7 Å². The molecule has 16 heavy (non-hydrogen) atoms. The van der Waals surface area contributed by atoms with Gasteiger partial charge in [0, 0.05) is 13.1 Å². The minimum Gasteiger partial charge on any atom is -0.389 e. The molecule has 1 aliphatic heterocycles. The first kappa shape index (κ1) is 13.8. The molecule has 1 fully saturated rings. The lowest BCUT2D eigenvalue weighted by atomic mass is 9.67. The normalized spacial score (nSPS) is 26.9. The number of aliphatic hydroxyl groups is 1. The molecular weight excluding hydrogens is 270 g/mol. The number of guanidine groups is 1. The molecule has 4 nitrogen and oxygen atoms in total. The van der Waals surface area contributed by atoms with Gasteiger partial charge in [-0.3, -0.25) is 4.99 Å². The van der Waals surface area contributed by atoms with Crippen LogP contribution in [0.2, 0.25) is 0 Å². The number of β-amino-alcohol motifs (C(OH)–C–C–N with tert-alkyl or cyclic N) is 1. The number of rotatable bonds is 3. The second-order valence-corrected chi connectivity index (χ2v) is 4.78. The maximum atomic E-state index is 9.26. The molecule has 3 N–H and O–H groups in total. The van der Waals surface area contributed by atoms with E-state index in [1.54, 1.807) is 0 Å². The predicted molar refractivity (Wildman–Crippen MR) is 71.2 cm³/mol. The number of hydrogen-bond acceptors (Lipinski definition) is 4. The molecule has 2 aliphatic rings. The van der Waals surface area contributed by atoms with Gasteiger partial charge >= 0.3 is 0 Å². The van der Waals surface area contributed by atoms with Gasteiger partial charge in [-0.2, -0.15) is 0 Å². The Kier molecular flexibility index (Phi) is 5.05. The van der Waals surface area contributed by atoms with E-state index in [9.17, 15) is 5.11 Å². The summed E-state index contributed by atoms with van der Waals surface area (Å²) in [6.07, 6.45) is 4.97. The zero-order valence-electron chi connectivity index (χ0n) is 9.83. The highest BCUT2D eigenvalue weighted by atomic mass is 79.9. The molecule has 94 valence electrons. The zero-order valence-corrected chi connectivity index (χ0v) is 11.5. The fourth-order valence-electron chi connectivity index (χ4n) is 2.25. The third-order valence-corrected chi connectivity index (χ3v) is 3.76. The summed E-state index contributed by atoms with van der Waals surface area (Å²) >= 11 is 0. The topological polar surface area (TPSA) is 56.7 Å².